The third-order valence-electron chi connectivity index (χ3n) is 3.42. The van der Waals surface area contributed by atoms with E-state index in [4.69, 9.17) is 4.74 Å². The lowest BCUT2D eigenvalue weighted by atomic mass is 10.2. The van der Waals surface area contributed by atoms with Crippen molar-refractivity contribution >= 4 is 0 Å². The summed E-state index contributed by atoms with van der Waals surface area (Å²) in [5.74, 6) is 0.767. The maximum absolute atomic E-state index is 5.66. The molecule has 18 heavy (non-hydrogen) atoms. The largest absolute Gasteiger partial charge is 0.377 e. The normalized spacial score (nSPS) is 22.3. The first kappa shape index (κ1) is 15.9. The number of rotatable bonds is 8. The Balaban J connectivity index is 1.93. The third kappa shape index (κ3) is 8.06. The number of hydrogen-bond acceptors (Lipinski definition) is 3. The van der Waals surface area contributed by atoms with Gasteiger partial charge >= 0.3 is 0 Å². The molecule has 1 aliphatic heterocycles. The average molecular weight is 256 g/mol. The molecule has 1 fully saturated rings. The van der Waals surface area contributed by atoms with Crippen LogP contribution in [0.3, 0.4) is 0 Å². The Bertz CT molecular complexity index is 197. The first-order valence-electron chi connectivity index (χ1n) is 7.73. The standard InChI is InChI=1S/C15H32N2O/c1-14(2)12-16-8-5-4-6-9-17-10-7-11-18-15(3)13-17/h14-16H,4-13H2,1-3H3. The zero-order chi connectivity index (χ0) is 13.2. The summed E-state index contributed by atoms with van der Waals surface area (Å²) in [5, 5.41) is 3.51. The molecule has 0 saturated carbocycles. The highest BCUT2D eigenvalue weighted by Gasteiger charge is 2.13. The molecule has 1 saturated heterocycles. The zero-order valence-electron chi connectivity index (χ0n) is 12.6. The molecular weight excluding hydrogens is 224 g/mol. The van der Waals surface area contributed by atoms with E-state index in [1.807, 2.05) is 0 Å². The van der Waals surface area contributed by atoms with E-state index in [-0.39, 0.29) is 0 Å². The van der Waals surface area contributed by atoms with E-state index in [0.29, 0.717) is 6.10 Å². The molecule has 1 heterocycles. The third-order valence-corrected chi connectivity index (χ3v) is 3.42. The van der Waals surface area contributed by atoms with Crippen LogP contribution in [0.5, 0.6) is 0 Å². The minimum atomic E-state index is 0.417. The fourth-order valence-corrected chi connectivity index (χ4v) is 2.44. The molecule has 0 spiro atoms. The van der Waals surface area contributed by atoms with E-state index in [0.717, 1.165) is 25.6 Å². The second kappa shape index (κ2) is 9.76. The molecule has 1 aliphatic rings. The van der Waals surface area contributed by atoms with Gasteiger partial charge in [-0.2, -0.15) is 0 Å². The molecule has 3 nitrogen and oxygen atoms in total. The Morgan fingerprint density at radius 2 is 2.11 bits per heavy atom. The van der Waals surface area contributed by atoms with Crippen molar-refractivity contribution < 1.29 is 4.74 Å². The summed E-state index contributed by atoms with van der Waals surface area (Å²) >= 11 is 0. The van der Waals surface area contributed by atoms with Crippen LogP contribution in [-0.4, -0.2) is 50.3 Å². The lowest BCUT2D eigenvalue weighted by molar-refractivity contribution is 0.0675. The fraction of sp³-hybridized carbons (Fsp3) is 1.00. The number of hydrogen-bond donors (Lipinski definition) is 1. The van der Waals surface area contributed by atoms with Crippen molar-refractivity contribution in [1.29, 1.82) is 0 Å². The van der Waals surface area contributed by atoms with Gasteiger partial charge in [0.1, 0.15) is 0 Å². The summed E-state index contributed by atoms with van der Waals surface area (Å²) in [7, 11) is 0. The first-order chi connectivity index (χ1) is 8.68. The maximum atomic E-state index is 5.66. The monoisotopic (exact) mass is 256 g/mol. The van der Waals surface area contributed by atoms with Gasteiger partial charge in [0.2, 0.25) is 0 Å². The molecule has 0 aromatic rings. The highest BCUT2D eigenvalue weighted by molar-refractivity contribution is 4.66. The quantitative estimate of drug-likeness (QED) is 0.675. The number of ether oxygens (including phenoxy) is 1. The van der Waals surface area contributed by atoms with Crippen LogP contribution < -0.4 is 5.32 Å². The van der Waals surface area contributed by atoms with Gasteiger partial charge in [-0.1, -0.05) is 20.3 Å². The van der Waals surface area contributed by atoms with E-state index in [1.54, 1.807) is 0 Å². The van der Waals surface area contributed by atoms with Crippen LogP contribution in [-0.2, 0) is 4.74 Å². The highest BCUT2D eigenvalue weighted by atomic mass is 16.5. The van der Waals surface area contributed by atoms with Crippen molar-refractivity contribution in [2.75, 3.05) is 39.3 Å². The average Bonchev–Trinajstić information content (AvgIpc) is 2.52. The Morgan fingerprint density at radius 1 is 1.28 bits per heavy atom. The molecule has 0 aromatic carbocycles. The smallest absolute Gasteiger partial charge is 0.0673 e. The van der Waals surface area contributed by atoms with Gasteiger partial charge in [-0.3, -0.25) is 0 Å². The Morgan fingerprint density at radius 3 is 2.89 bits per heavy atom. The van der Waals surface area contributed by atoms with Crippen molar-refractivity contribution in [3.63, 3.8) is 0 Å². The van der Waals surface area contributed by atoms with Gasteiger partial charge in [0.15, 0.2) is 0 Å². The van der Waals surface area contributed by atoms with E-state index in [2.05, 4.69) is 31.0 Å². The molecule has 0 bridgehead atoms. The summed E-state index contributed by atoms with van der Waals surface area (Å²) < 4.78 is 5.66. The molecule has 1 N–H and O–H groups in total. The molecule has 1 unspecified atom stereocenters. The Hall–Kier alpha value is -0.120. The first-order valence-corrected chi connectivity index (χ1v) is 7.73. The molecule has 0 aromatic heterocycles. The fourth-order valence-electron chi connectivity index (χ4n) is 2.44. The SMILES string of the molecule is CC(C)CNCCCCCN1CCCOC(C)C1. The van der Waals surface area contributed by atoms with Crippen LogP contribution in [0, 0.1) is 5.92 Å². The lowest BCUT2D eigenvalue weighted by Crippen LogP contribution is -2.31. The molecule has 1 atom stereocenters. The minimum absolute atomic E-state index is 0.417. The van der Waals surface area contributed by atoms with Gasteiger partial charge in [-0.15, -0.1) is 0 Å². The molecular formula is C15H32N2O. The number of unbranched alkanes of at least 4 members (excludes halogenated alkanes) is 2. The second-order valence-electron chi connectivity index (χ2n) is 5.99. The van der Waals surface area contributed by atoms with Gasteiger partial charge < -0.3 is 15.0 Å². The van der Waals surface area contributed by atoms with Crippen molar-refractivity contribution in [2.45, 2.75) is 52.6 Å². The minimum Gasteiger partial charge on any atom is -0.377 e. The van der Waals surface area contributed by atoms with Crippen LogP contribution in [0.25, 0.3) is 0 Å². The molecule has 0 aliphatic carbocycles. The van der Waals surface area contributed by atoms with Crippen molar-refractivity contribution in [3.8, 4) is 0 Å². The van der Waals surface area contributed by atoms with Crippen molar-refractivity contribution in [2.24, 2.45) is 5.92 Å². The zero-order valence-corrected chi connectivity index (χ0v) is 12.6. The summed E-state index contributed by atoms with van der Waals surface area (Å²) in [6.45, 7) is 13.6. The van der Waals surface area contributed by atoms with Gasteiger partial charge in [-0.25, -0.2) is 0 Å². The maximum Gasteiger partial charge on any atom is 0.0673 e. The topological polar surface area (TPSA) is 24.5 Å². The van der Waals surface area contributed by atoms with Crippen molar-refractivity contribution in [1.82, 2.24) is 10.2 Å². The van der Waals surface area contributed by atoms with Crippen LogP contribution in [0.15, 0.2) is 0 Å². The molecule has 1 rings (SSSR count). The number of nitrogens with one attached hydrogen (secondary N) is 1. The van der Waals surface area contributed by atoms with Gasteiger partial charge in [0.05, 0.1) is 6.10 Å². The van der Waals surface area contributed by atoms with E-state index >= 15 is 0 Å². The lowest BCUT2D eigenvalue weighted by Gasteiger charge is -2.21. The van der Waals surface area contributed by atoms with Crippen LogP contribution in [0.1, 0.15) is 46.5 Å². The van der Waals surface area contributed by atoms with Gasteiger partial charge in [0, 0.05) is 19.7 Å². The van der Waals surface area contributed by atoms with E-state index in [9.17, 15) is 0 Å². The van der Waals surface area contributed by atoms with E-state index < -0.39 is 0 Å². The molecule has 0 radical (unpaired) electrons. The predicted molar refractivity (Wildman–Crippen MR) is 78.0 cm³/mol. The van der Waals surface area contributed by atoms with Crippen LogP contribution >= 0.6 is 0 Å². The summed E-state index contributed by atoms with van der Waals surface area (Å²) in [5.41, 5.74) is 0. The van der Waals surface area contributed by atoms with Gasteiger partial charge in [0.25, 0.3) is 0 Å². The molecule has 3 heteroatoms. The Kier molecular flexibility index (Phi) is 8.64. The predicted octanol–water partition coefficient (Wildman–Crippen LogP) is 2.51. The Labute approximate surface area is 113 Å². The van der Waals surface area contributed by atoms with E-state index in [1.165, 1.54) is 45.3 Å². The molecule has 108 valence electrons. The highest BCUT2D eigenvalue weighted by Crippen LogP contribution is 2.07. The van der Waals surface area contributed by atoms with Gasteiger partial charge in [-0.05, 0) is 51.7 Å². The molecule has 0 amide bonds. The van der Waals surface area contributed by atoms with Crippen LogP contribution in [0.4, 0.5) is 0 Å². The second-order valence-corrected chi connectivity index (χ2v) is 5.99. The van der Waals surface area contributed by atoms with Crippen LogP contribution in [0.2, 0.25) is 0 Å². The van der Waals surface area contributed by atoms with Crippen molar-refractivity contribution in [3.05, 3.63) is 0 Å². The summed E-state index contributed by atoms with van der Waals surface area (Å²) in [4.78, 5) is 2.57. The number of nitrogens with zero attached hydrogens (tertiary/aromatic N) is 1. The summed E-state index contributed by atoms with van der Waals surface area (Å²) in [6.07, 6.45) is 5.60. The summed E-state index contributed by atoms with van der Waals surface area (Å²) in [6, 6.07) is 0.